The number of aryl methyl sites for hydroxylation is 1. The van der Waals surface area contributed by atoms with Gasteiger partial charge in [0.15, 0.2) is 0 Å². The predicted molar refractivity (Wildman–Crippen MR) is 90.5 cm³/mol. The molecule has 0 spiro atoms. The van der Waals surface area contributed by atoms with Crippen molar-refractivity contribution in [1.29, 1.82) is 5.26 Å². The zero-order valence-electron chi connectivity index (χ0n) is 13.8. The number of para-hydroxylation sites is 1. The second-order valence-corrected chi connectivity index (χ2v) is 5.77. The van der Waals surface area contributed by atoms with Gasteiger partial charge in [-0.05, 0) is 26.0 Å². The average molecular weight is 328 g/mol. The van der Waals surface area contributed by atoms with Crippen LogP contribution in [0, 0.1) is 11.3 Å². The van der Waals surface area contributed by atoms with Crippen molar-refractivity contribution < 1.29 is 4.79 Å². The van der Waals surface area contributed by atoms with Crippen molar-refractivity contribution in [1.82, 2.24) is 14.5 Å². The van der Waals surface area contributed by atoms with E-state index in [9.17, 15) is 14.4 Å². The van der Waals surface area contributed by atoms with Crippen LogP contribution in [0.3, 0.4) is 0 Å². The van der Waals surface area contributed by atoms with Crippen molar-refractivity contribution in [2.24, 2.45) is 0 Å². The van der Waals surface area contributed by atoms with Crippen LogP contribution in [0.5, 0.6) is 0 Å². The van der Waals surface area contributed by atoms with Crippen molar-refractivity contribution in [3.05, 3.63) is 45.1 Å². The molecule has 7 nitrogen and oxygen atoms in total. The zero-order valence-corrected chi connectivity index (χ0v) is 13.8. The topological polar surface area (TPSA) is 99.0 Å². The second-order valence-electron chi connectivity index (χ2n) is 5.77. The van der Waals surface area contributed by atoms with Gasteiger partial charge in [-0.2, -0.15) is 5.26 Å². The minimum atomic E-state index is -0.528. The highest BCUT2D eigenvalue weighted by Gasteiger charge is 2.17. The summed E-state index contributed by atoms with van der Waals surface area (Å²) in [6, 6.07) is 8.80. The van der Waals surface area contributed by atoms with Gasteiger partial charge in [0.05, 0.1) is 23.4 Å². The first-order valence-corrected chi connectivity index (χ1v) is 7.84. The SMILES string of the molecule is CC(C)N(CCC#N)C(=O)CCn1c(=O)[nH]c(=O)c2ccccc21. The average Bonchev–Trinajstić information content (AvgIpc) is 2.54. The number of carbonyl (C=O) groups is 1. The fourth-order valence-corrected chi connectivity index (χ4v) is 2.66. The smallest absolute Gasteiger partial charge is 0.328 e. The van der Waals surface area contributed by atoms with Gasteiger partial charge < -0.3 is 4.90 Å². The summed E-state index contributed by atoms with van der Waals surface area (Å²) in [7, 11) is 0. The third kappa shape index (κ3) is 3.71. The van der Waals surface area contributed by atoms with Gasteiger partial charge in [0, 0.05) is 25.6 Å². The molecule has 1 amide bonds. The Labute approximate surface area is 139 Å². The summed E-state index contributed by atoms with van der Waals surface area (Å²) in [6.07, 6.45) is 0.394. The lowest BCUT2D eigenvalue weighted by Crippen LogP contribution is -2.39. The van der Waals surface area contributed by atoms with Gasteiger partial charge in [0.2, 0.25) is 5.91 Å². The molecule has 2 rings (SSSR count). The van der Waals surface area contributed by atoms with E-state index in [1.807, 2.05) is 19.9 Å². The molecule has 0 fully saturated rings. The molecule has 1 aromatic heterocycles. The quantitative estimate of drug-likeness (QED) is 0.862. The van der Waals surface area contributed by atoms with E-state index in [2.05, 4.69) is 4.98 Å². The molecule has 0 aliphatic carbocycles. The largest absolute Gasteiger partial charge is 0.339 e. The summed E-state index contributed by atoms with van der Waals surface area (Å²) in [5.74, 6) is -0.123. The number of fused-ring (bicyclic) bond motifs is 1. The van der Waals surface area contributed by atoms with Crippen molar-refractivity contribution in [3.63, 3.8) is 0 Å². The van der Waals surface area contributed by atoms with Crippen molar-refractivity contribution in [3.8, 4) is 6.07 Å². The molecule has 7 heteroatoms. The number of hydrogen-bond donors (Lipinski definition) is 1. The van der Waals surface area contributed by atoms with E-state index in [-0.39, 0.29) is 31.3 Å². The predicted octanol–water partition coefficient (Wildman–Crippen LogP) is 1.23. The standard InChI is InChI=1S/C17H20N4O3/c1-12(2)20(10-5-9-18)15(22)8-11-21-14-7-4-3-6-13(14)16(23)19-17(21)24/h3-4,6-7,12H,5,8,10-11H2,1-2H3,(H,19,23,24). The van der Waals surface area contributed by atoms with Gasteiger partial charge >= 0.3 is 5.69 Å². The molecule has 0 radical (unpaired) electrons. The minimum Gasteiger partial charge on any atom is -0.339 e. The van der Waals surface area contributed by atoms with E-state index in [4.69, 9.17) is 5.26 Å². The summed E-state index contributed by atoms with van der Waals surface area (Å²) in [4.78, 5) is 40.2. The van der Waals surface area contributed by atoms with Crippen molar-refractivity contribution >= 4 is 16.8 Å². The molecule has 0 saturated heterocycles. The molecule has 1 heterocycles. The zero-order chi connectivity index (χ0) is 17.7. The third-order valence-corrected chi connectivity index (χ3v) is 3.86. The molecule has 0 bridgehead atoms. The van der Waals surface area contributed by atoms with Gasteiger partial charge in [-0.25, -0.2) is 4.79 Å². The van der Waals surface area contributed by atoms with E-state index in [0.29, 0.717) is 17.4 Å². The lowest BCUT2D eigenvalue weighted by molar-refractivity contribution is -0.133. The maximum atomic E-state index is 12.4. The van der Waals surface area contributed by atoms with Crippen LogP contribution >= 0.6 is 0 Å². The van der Waals surface area contributed by atoms with Crippen LogP contribution in [-0.4, -0.2) is 32.9 Å². The van der Waals surface area contributed by atoms with Gasteiger partial charge in [-0.15, -0.1) is 0 Å². The summed E-state index contributed by atoms with van der Waals surface area (Å²) < 4.78 is 1.40. The molecule has 1 aromatic carbocycles. The number of aromatic nitrogens is 2. The van der Waals surface area contributed by atoms with Crippen LogP contribution in [0.15, 0.2) is 33.9 Å². The number of nitrogens with zero attached hydrogens (tertiary/aromatic N) is 3. The number of amides is 1. The Morgan fingerprint density at radius 3 is 2.71 bits per heavy atom. The fourth-order valence-electron chi connectivity index (χ4n) is 2.66. The molecule has 126 valence electrons. The molecule has 0 aliphatic rings. The molecule has 0 aliphatic heterocycles. The number of hydrogen-bond acceptors (Lipinski definition) is 4. The number of H-pyrrole nitrogens is 1. The monoisotopic (exact) mass is 328 g/mol. The lowest BCUT2D eigenvalue weighted by atomic mass is 10.2. The Hall–Kier alpha value is -2.88. The summed E-state index contributed by atoms with van der Waals surface area (Å²) in [6.45, 7) is 4.31. The highest BCUT2D eigenvalue weighted by molar-refractivity contribution is 5.79. The second kappa shape index (κ2) is 7.59. The number of carbonyl (C=O) groups excluding carboxylic acids is 1. The normalized spacial score (nSPS) is 10.8. The van der Waals surface area contributed by atoms with Gasteiger partial charge in [0.25, 0.3) is 5.56 Å². The van der Waals surface area contributed by atoms with Gasteiger partial charge in [-0.1, -0.05) is 12.1 Å². The third-order valence-electron chi connectivity index (χ3n) is 3.86. The first-order valence-electron chi connectivity index (χ1n) is 7.84. The Morgan fingerprint density at radius 1 is 1.33 bits per heavy atom. The molecule has 0 unspecified atom stereocenters. The first-order chi connectivity index (χ1) is 11.5. The van der Waals surface area contributed by atoms with Crippen LogP contribution in [0.25, 0.3) is 10.9 Å². The van der Waals surface area contributed by atoms with Crippen LogP contribution in [0.4, 0.5) is 0 Å². The Kier molecular flexibility index (Phi) is 5.53. The highest BCUT2D eigenvalue weighted by Crippen LogP contribution is 2.09. The van der Waals surface area contributed by atoms with E-state index in [1.165, 1.54) is 4.57 Å². The molecule has 0 atom stereocenters. The van der Waals surface area contributed by atoms with Crippen LogP contribution in [0.1, 0.15) is 26.7 Å². The lowest BCUT2D eigenvalue weighted by Gasteiger charge is -2.26. The number of nitrogens with one attached hydrogen (secondary N) is 1. The Bertz CT molecular complexity index is 889. The van der Waals surface area contributed by atoms with Crippen LogP contribution in [-0.2, 0) is 11.3 Å². The molecular weight excluding hydrogens is 308 g/mol. The van der Waals surface area contributed by atoms with Crippen molar-refractivity contribution in [2.45, 2.75) is 39.3 Å². The van der Waals surface area contributed by atoms with Crippen LogP contribution < -0.4 is 11.2 Å². The van der Waals surface area contributed by atoms with E-state index in [1.54, 1.807) is 29.2 Å². The Morgan fingerprint density at radius 2 is 2.04 bits per heavy atom. The molecular formula is C17H20N4O3. The fraction of sp³-hybridized carbons (Fsp3) is 0.412. The van der Waals surface area contributed by atoms with Crippen LogP contribution in [0.2, 0.25) is 0 Å². The van der Waals surface area contributed by atoms with E-state index >= 15 is 0 Å². The maximum absolute atomic E-state index is 12.4. The molecule has 1 N–H and O–H groups in total. The molecule has 2 aromatic rings. The van der Waals surface area contributed by atoms with Crippen molar-refractivity contribution in [2.75, 3.05) is 6.54 Å². The van der Waals surface area contributed by atoms with Gasteiger partial charge in [0.1, 0.15) is 0 Å². The number of aromatic amines is 1. The number of benzene rings is 1. The molecule has 0 saturated carbocycles. The molecule has 24 heavy (non-hydrogen) atoms. The first kappa shape index (κ1) is 17.5. The number of rotatable bonds is 6. The maximum Gasteiger partial charge on any atom is 0.328 e. The minimum absolute atomic E-state index is 0.0186. The Balaban J connectivity index is 2.25. The highest BCUT2D eigenvalue weighted by atomic mass is 16.2. The van der Waals surface area contributed by atoms with E-state index < -0.39 is 11.2 Å². The number of nitriles is 1. The van der Waals surface area contributed by atoms with Gasteiger partial charge in [-0.3, -0.25) is 19.1 Å². The summed E-state index contributed by atoms with van der Waals surface area (Å²) in [5, 5.41) is 9.11. The summed E-state index contributed by atoms with van der Waals surface area (Å²) >= 11 is 0. The summed E-state index contributed by atoms with van der Waals surface area (Å²) in [5.41, 5.74) is -0.456. The van der Waals surface area contributed by atoms with E-state index in [0.717, 1.165) is 0 Å².